The topological polar surface area (TPSA) is 14.2 Å². The zero-order valence-electron chi connectivity index (χ0n) is 14.8. The summed E-state index contributed by atoms with van der Waals surface area (Å²) in [6, 6.07) is 16.9. The van der Waals surface area contributed by atoms with Crippen molar-refractivity contribution in [3.8, 4) is 11.3 Å². The summed E-state index contributed by atoms with van der Waals surface area (Å²) in [4.78, 5) is 0. The highest BCUT2D eigenvalue weighted by molar-refractivity contribution is 6.30. The normalized spacial score (nSPS) is 11.7. The zero-order valence-corrected chi connectivity index (χ0v) is 15.5. The molecule has 0 radical (unpaired) electrons. The molecule has 0 aliphatic rings. The molecule has 1 heterocycles. The van der Waals surface area contributed by atoms with Gasteiger partial charge in [0.25, 0.3) is 0 Å². The summed E-state index contributed by atoms with van der Waals surface area (Å²) < 4.78 is 47.6. The molecule has 6 heteroatoms. The SMILES string of the molecule is Cc1cc(Cl)n(CCOCc2ccccc2)c1-c1ccccc1C(F)(F)F. The lowest BCUT2D eigenvalue weighted by Crippen LogP contribution is -2.11. The highest BCUT2D eigenvalue weighted by atomic mass is 35.5. The van der Waals surface area contributed by atoms with Crippen molar-refractivity contribution in [3.05, 3.63) is 82.5 Å². The predicted octanol–water partition coefficient (Wildman–Crippen LogP) is 6.35. The predicted molar refractivity (Wildman–Crippen MR) is 101 cm³/mol. The van der Waals surface area contributed by atoms with Crippen molar-refractivity contribution >= 4 is 11.6 Å². The number of ether oxygens (including phenoxy) is 1. The van der Waals surface area contributed by atoms with Crippen LogP contribution in [0.25, 0.3) is 11.3 Å². The molecule has 0 saturated heterocycles. The second kappa shape index (κ2) is 8.19. The van der Waals surface area contributed by atoms with Gasteiger partial charge in [-0.25, -0.2) is 0 Å². The first-order valence-electron chi connectivity index (χ1n) is 8.52. The Morgan fingerprint density at radius 3 is 2.37 bits per heavy atom. The van der Waals surface area contributed by atoms with Crippen LogP contribution < -0.4 is 0 Å². The summed E-state index contributed by atoms with van der Waals surface area (Å²) in [6.07, 6.45) is -4.44. The van der Waals surface area contributed by atoms with E-state index in [9.17, 15) is 13.2 Å². The Morgan fingerprint density at radius 1 is 1.00 bits per heavy atom. The Balaban J connectivity index is 1.82. The second-order valence-corrected chi connectivity index (χ2v) is 6.62. The van der Waals surface area contributed by atoms with Gasteiger partial charge in [0, 0.05) is 12.1 Å². The van der Waals surface area contributed by atoms with Gasteiger partial charge in [0.1, 0.15) is 5.15 Å². The molecule has 1 aromatic heterocycles. The lowest BCUT2D eigenvalue weighted by molar-refractivity contribution is -0.137. The van der Waals surface area contributed by atoms with E-state index in [1.165, 1.54) is 12.1 Å². The summed E-state index contributed by atoms with van der Waals surface area (Å²) >= 11 is 6.29. The number of alkyl halides is 3. The van der Waals surface area contributed by atoms with Crippen LogP contribution in [0.2, 0.25) is 5.15 Å². The molecule has 3 aromatic rings. The maximum Gasteiger partial charge on any atom is 0.417 e. The van der Waals surface area contributed by atoms with E-state index in [-0.39, 0.29) is 5.56 Å². The third-order valence-electron chi connectivity index (χ3n) is 4.30. The smallest absolute Gasteiger partial charge is 0.375 e. The Labute approximate surface area is 161 Å². The Hall–Kier alpha value is -2.24. The molecule has 0 aliphatic carbocycles. The molecule has 0 bridgehead atoms. The van der Waals surface area contributed by atoms with Gasteiger partial charge in [0.2, 0.25) is 0 Å². The van der Waals surface area contributed by atoms with E-state index in [1.54, 1.807) is 23.6 Å². The second-order valence-electron chi connectivity index (χ2n) is 6.23. The summed E-state index contributed by atoms with van der Waals surface area (Å²) in [5.41, 5.74) is 1.65. The maximum atomic E-state index is 13.4. The molecule has 0 amide bonds. The average Bonchev–Trinajstić information content (AvgIpc) is 2.92. The summed E-state index contributed by atoms with van der Waals surface area (Å²) in [5, 5.41) is 0.391. The average molecular weight is 394 g/mol. The van der Waals surface area contributed by atoms with Crippen LogP contribution in [-0.2, 0) is 24.1 Å². The molecular formula is C21H19ClF3NO. The molecular weight excluding hydrogens is 375 g/mol. The van der Waals surface area contributed by atoms with Crippen LogP contribution in [0.4, 0.5) is 13.2 Å². The lowest BCUT2D eigenvalue weighted by atomic mass is 10.0. The van der Waals surface area contributed by atoms with Gasteiger partial charge >= 0.3 is 6.18 Å². The molecule has 0 spiro atoms. The van der Waals surface area contributed by atoms with E-state index in [2.05, 4.69) is 0 Å². The number of aromatic nitrogens is 1. The first kappa shape index (κ1) is 19.5. The number of aryl methyl sites for hydroxylation is 1. The molecule has 27 heavy (non-hydrogen) atoms. The van der Waals surface area contributed by atoms with Crippen LogP contribution in [0, 0.1) is 6.92 Å². The largest absolute Gasteiger partial charge is 0.417 e. The van der Waals surface area contributed by atoms with Crippen molar-refractivity contribution in [1.29, 1.82) is 0 Å². The third-order valence-corrected chi connectivity index (χ3v) is 4.61. The summed E-state index contributed by atoms with van der Waals surface area (Å²) in [5.74, 6) is 0. The van der Waals surface area contributed by atoms with E-state index in [0.29, 0.717) is 36.2 Å². The van der Waals surface area contributed by atoms with Crippen molar-refractivity contribution in [2.45, 2.75) is 26.3 Å². The first-order chi connectivity index (χ1) is 12.9. The van der Waals surface area contributed by atoms with Crippen molar-refractivity contribution in [2.75, 3.05) is 6.61 Å². The number of benzene rings is 2. The van der Waals surface area contributed by atoms with Crippen LogP contribution in [0.3, 0.4) is 0 Å². The van der Waals surface area contributed by atoms with E-state index >= 15 is 0 Å². The van der Waals surface area contributed by atoms with Crippen LogP contribution in [-0.4, -0.2) is 11.2 Å². The molecule has 142 valence electrons. The van der Waals surface area contributed by atoms with Crippen LogP contribution >= 0.6 is 11.6 Å². The molecule has 0 atom stereocenters. The number of nitrogens with zero attached hydrogens (tertiary/aromatic N) is 1. The van der Waals surface area contributed by atoms with Crippen molar-refractivity contribution in [1.82, 2.24) is 4.57 Å². The number of hydrogen-bond acceptors (Lipinski definition) is 1. The molecule has 0 N–H and O–H groups in total. The summed E-state index contributed by atoms with van der Waals surface area (Å²) in [7, 11) is 0. The van der Waals surface area contributed by atoms with Gasteiger partial charge in [-0.3, -0.25) is 0 Å². The zero-order chi connectivity index (χ0) is 19.4. The Bertz CT molecular complexity index is 904. The summed E-state index contributed by atoms with van der Waals surface area (Å²) in [6.45, 7) is 2.90. The van der Waals surface area contributed by atoms with Crippen LogP contribution in [0.1, 0.15) is 16.7 Å². The lowest BCUT2D eigenvalue weighted by Gasteiger charge is -2.17. The van der Waals surface area contributed by atoms with Gasteiger partial charge in [-0.1, -0.05) is 60.1 Å². The van der Waals surface area contributed by atoms with Crippen molar-refractivity contribution < 1.29 is 17.9 Å². The van der Waals surface area contributed by atoms with Gasteiger partial charge in [0.05, 0.1) is 24.5 Å². The molecule has 2 nitrogen and oxygen atoms in total. The van der Waals surface area contributed by atoms with Crippen LogP contribution in [0.15, 0.2) is 60.7 Å². The monoisotopic (exact) mass is 393 g/mol. The van der Waals surface area contributed by atoms with Gasteiger partial charge < -0.3 is 9.30 Å². The molecule has 0 saturated carbocycles. The first-order valence-corrected chi connectivity index (χ1v) is 8.89. The van der Waals surface area contributed by atoms with Crippen LogP contribution in [0.5, 0.6) is 0 Å². The number of halogens is 4. The quantitative estimate of drug-likeness (QED) is 0.445. The van der Waals surface area contributed by atoms with Crippen molar-refractivity contribution in [2.24, 2.45) is 0 Å². The van der Waals surface area contributed by atoms with E-state index in [1.807, 2.05) is 30.3 Å². The van der Waals surface area contributed by atoms with Gasteiger partial charge in [0.15, 0.2) is 0 Å². The van der Waals surface area contributed by atoms with Crippen molar-refractivity contribution in [3.63, 3.8) is 0 Å². The number of hydrogen-bond donors (Lipinski definition) is 0. The van der Waals surface area contributed by atoms with E-state index in [0.717, 1.165) is 11.6 Å². The fourth-order valence-electron chi connectivity index (χ4n) is 3.08. The maximum absolute atomic E-state index is 13.4. The van der Waals surface area contributed by atoms with Gasteiger partial charge in [-0.15, -0.1) is 0 Å². The van der Waals surface area contributed by atoms with E-state index < -0.39 is 11.7 Å². The fraction of sp³-hybridized carbons (Fsp3) is 0.238. The highest BCUT2D eigenvalue weighted by Gasteiger charge is 2.34. The minimum Gasteiger partial charge on any atom is -0.375 e. The Morgan fingerprint density at radius 2 is 1.67 bits per heavy atom. The minimum absolute atomic E-state index is 0.123. The van der Waals surface area contributed by atoms with E-state index in [4.69, 9.17) is 16.3 Å². The third kappa shape index (κ3) is 4.54. The Kier molecular flexibility index (Phi) is 5.92. The minimum atomic E-state index is -4.44. The fourth-order valence-corrected chi connectivity index (χ4v) is 3.41. The number of rotatable bonds is 6. The van der Waals surface area contributed by atoms with Gasteiger partial charge in [-0.2, -0.15) is 13.2 Å². The molecule has 0 unspecified atom stereocenters. The molecule has 2 aromatic carbocycles. The molecule has 0 aliphatic heterocycles. The molecule has 3 rings (SSSR count). The standard InChI is InChI=1S/C21H19ClF3NO/c1-15-13-19(22)26(11-12-27-14-16-7-3-2-4-8-16)20(15)17-9-5-6-10-18(17)21(23,24)25/h2-10,13H,11-12,14H2,1H3. The van der Waals surface area contributed by atoms with Gasteiger partial charge in [-0.05, 0) is 30.2 Å². The molecule has 0 fully saturated rings. The highest BCUT2D eigenvalue weighted by Crippen LogP contribution is 2.39.